The molecule has 1 heterocycles. The van der Waals surface area contributed by atoms with Gasteiger partial charge in [0.15, 0.2) is 0 Å². The van der Waals surface area contributed by atoms with Gasteiger partial charge in [0.25, 0.3) is 0 Å². The summed E-state index contributed by atoms with van der Waals surface area (Å²) < 4.78 is 0. The standard InChI is InChI=1S/C10H13N3O3/c14-8(10(9(15)16)2-1-3-10)13-6-7-11-4-5-12-7/h4-5H,1-3,6H2,(H,11,12)(H,13,14)(H,15,16). The minimum atomic E-state index is -1.20. The first kappa shape index (κ1) is 10.7. The van der Waals surface area contributed by atoms with Crippen LogP contribution >= 0.6 is 0 Å². The lowest BCUT2D eigenvalue weighted by Gasteiger charge is -2.35. The molecule has 0 atom stereocenters. The van der Waals surface area contributed by atoms with Crippen molar-refractivity contribution in [1.29, 1.82) is 0 Å². The number of H-pyrrole nitrogens is 1. The summed E-state index contributed by atoms with van der Waals surface area (Å²) >= 11 is 0. The SMILES string of the molecule is O=C(O)C1(C(=O)NCc2ncc[nH]2)CCC1. The fourth-order valence-corrected chi connectivity index (χ4v) is 1.80. The Bertz CT molecular complexity index is 395. The molecule has 1 aromatic rings. The maximum Gasteiger partial charge on any atom is 0.319 e. The molecule has 16 heavy (non-hydrogen) atoms. The highest BCUT2D eigenvalue weighted by Gasteiger charge is 2.51. The predicted molar refractivity (Wildman–Crippen MR) is 54.4 cm³/mol. The molecule has 2 rings (SSSR count). The van der Waals surface area contributed by atoms with E-state index in [1.165, 1.54) is 0 Å². The summed E-state index contributed by atoms with van der Waals surface area (Å²) in [5.74, 6) is -0.827. The summed E-state index contributed by atoms with van der Waals surface area (Å²) in [6, 6.07) is 0. The van der Waals surface area contributed by atoms with Gasteiger partial charge in [-0.15, -0.1) is 0 Å². The number of carbonyl (C=O) groups excluding carboxylic acids is 1. The van der Waals surface area contributed by atoms with Crippen LogP contribution in [0, 0.1) is 5.41 Å². The fraction of sp³-hybridized carbons (Fsp3) is 0.500. The molecule has 0 aromatic carbocycles. The molecule has 0 aliphatic heterocycles. The number of nitrogens with zero attached hydrogens (tertiary/aromatic N) is 1. The highest BCUT2D eigenvalue weighted by atomic mass is 16.4. The van der Waals surface area contributed by atoms with Crippen LogP contribution in [0.1, 0.15) is 25.1 Å². The minimum absolute atomic E-state index is 0.237. The summed E-state index contributed by atoms with van der Waals surface area (Å²) in [6.45, 7) is 0.237. The van der Waals surface area contributed by atoms with Gasteiger partial charge in [-0.05, 0) is 12.8 Å². The van der Waals surface area contributed by atoms with Gasteiger partial charge in [-0.1, -0.05) is 6.42 Å². The van der Waals surface area contributed by atoms with E-state index in [9.17, 15) is 9.59 Å². The van der Waals surface area contributed by atoms with Crippen molar-refractivity contribution in [2.45, 2.75) is 25.8 Å². The Morgan fingerprint density at radius 1 is 1.56 bits per heavy atom. The maximum absolute atomic E-state index is 11.8. The molecule has 0 spiro atoms. The smallest absolute Gasteiger partial charge is 0.319 e. The number of hydrogen-bond donors (Lipinski definition) is 3. The maximum atomic E-state index is 11.8. The summed E-state index contributed by atoms with van der Waals surface area (Å²) in [6.07, 6.45) is 4.87. The lowest BCUT2D eigenvalue weighted by atomic mass is 9.68. The lowest BCUT2D eigenvalue weighted by molar-refractivity contribution is -0.162. The van der Waals surface area contributed by atoms with E-state index in [1.807, 2.05) is 0 Å². The number of carboxylic acid groups (broad SMARTS) is 1. The van der Waals surface area contributed by atoms with Crippen LogP contribution in [0.3, 0.4) is 0 Å². The van der Waals surface area contributed by atoms with E-state index in [0.29, 0.717) is 18.7 Å². The fourth-order valence-electron chi connectivity index (χ4n) is 1.80. The molecule has 0 bridgehead atoms. The number of imidazole rings is 1. The number of rotatable bonds is 4. The zero-order valence-corrected chi connectivity index (χ0v) is 8.69. The molecule has 1 saturated carbocycles. The molecule has 1 aliphatic rings. The van der Waals surface area contributed by atoms with Crippen molar-refractivity contribution in [2.24, 2.45) is 5.41 Å². The first-order chi connectivity index (χ1) is 7.65. The normalized spacial score (nSPS) is 17.5. The number of carbonyl (C=O) groups is 2. The van der Waals surface area contributed by atoms with Crippen LogP contribution in [0.4, 0.5) is 0 Å². The summed E-state index contributed by atoms with van der Waals surface area (Å²) in [4.78, 5) is 29.5. The number of carboxylic acids is 1. The number of nitrogens with one attached hydrogen (secondary N) is 2. The second kappa shape index (κ2) is 3.96. The Labute approximate surface area is 92.1 Å². The molecule has 6 nitrogen and oxygen atoms in total. The van der Waals surface area contributed by atoms with Gasteiger partial charge in [0, 0.05) is 12.4 Å². The van der Waals surface area contributed by atoms with Crippen molar-refractivity contribution >= 4 is 11.9 Å². The largest absolute Gasteiger partial charge is 0.480 e. The number of amides is 1. The molecule has 0 unspecified atom stereocenters. The van der Waals surface area contributed by atoms with E-state index >= 15 is 0 Å². The molecular weight excluding hydrogens is 210 g/mol. The summed E-state index contributed by atoms with van der Waals surface area (Å²) in [5, 5.41) is 11.6. The van der Waals surface area contributed by atoms with Gasteiger partial charge in [-0.25, -0.2) is 4.98 Å². The highest BCUT2D eigenvalue weighted by molar-refractivity contribution is 6.02. The van der Waals surface area contributed by atoms with Crippen LogP contribution in [0.15, 0.2) is 12.4 Å². The average Bonchev–Trinajstić information content (AvgIpc) is 2.64. The van der Waals surface area contributed by atoms with E-state index in [1.54, 1.807) is 12.4 Å². The van der Waals surface area contributed by atoms with Crippen molar-refractivity contribution in [1.82, 2.24) is 15.3 Å². The lowest BCUT2D eigenvalue weighted by Crippen LogP contribution is -2.50. The molecule has 1 fully saturated rings. The molecule has 1 aromatic heterocycles. The van der Waals surface area contributed by atoms with Gasteiger partial charge < -0.3 is 15.4 Å². The number of aromatic amines is 1. The first-order valence-corrected chi connectivity index (χ1v) is 5.15. The van der Waals surface area contributed by atoms with Gasteiger partial charge in [-0.3, -0.25) is 9.59 Å². The Morgan fingerprint density at radius 3 is 2.75 bits per heavy atom. The zero-order chi connectivity index (χ0) is 11.6. The third-order valence-corrected chi connectivity index (χ3v) is 3.02. The van der Waals surface area contributed by atoms with E-state index in [2.05, 4.69) is 15.3 Å². The Kier molecular flexibility index (Phi) is 2.64. The number of aliphatic carboxylic acids is 1. The van der Waals surface area contributed by atoms with Gasteiger partial charge >= 0.3 is 5.97 Å². The van der Waals surface area contributed by atoms with Crippen LogP contribution in [-0.2, 0) is 16.1 Å². The molecule has 0 radical (unpaired) electrons. The average molecular weight is 223 g/mol. The van der Waals surface area contributed by atoms with Crippen LogP contribution in [0.5, 0.6) is 0 Å². The van der Waals surface area contributed by atoms with Crippen LogP contribution in [0.2, 0.25) is 0 Å². The quantitative estimate of drug-likeness (QED) is 0.639. The highest BCUT2D eigenvalue weighted by Crippen LogP contribution is 2.41. The second-order valence-electron chi connectivity index (χ2n) is 3.96. The van der Waals surface area contributed by atoms with E-state index in [0.717, 1.165) is 6.42 Å². The molecule has 3 N–H and O–H groups in total. The van der Waals surface area contributed by atoms with Crippen molar-refractivity contribution in [3.8, 4) is 0 Å². The predicted octanol–water partition coefficient (Wildman–Crippen LogP) is 0.281. The Hall–Kier alpha value is -1.85. The Morgan fingerprint density at radius 2 is 2.31 bits per heavy atom. The van der Waals surface area contributed by atoms with Crippen LogP contribution in [-0.4, -0.2) is 27.0 Å². The summed E-state index contributed by atoms with van der Waals surface area (Å²) in [7, 11) is 0. The number of aromatic nitrogens is 2. The molecule has 86 valence electrons. The van der Waals surface area contributed by atoms with Crippen LogP contribution < -0.4 is 5.32 Å². The van der Waals surface area contributed by atoms with Gasteiger partial charge in [0.1, 0.15) is 11.2 Å². The monoisotopic (exact) mass is 223 g/mol. The molecule has 0 saturated heterocycles. The van der Waals surface area contributed by atoms with Crippen molar-refractivity contribution in [2.75, 3.05) is 0 Å². The third kappa shape index (κ3) is 1.66. The minimum Gasteiger partial charge on any atom is -0.480 e. The van der Waals surface area contributed by atoms with Gasteiger partial charge in [-0.2, -0.15) is 0 Å². The first-order valence-electron chi connectivity index (χ1n) is 5.15. The van der Waals surface area contributed by atoms with Crippen molar-refractivity contribution in [3.05, 3.63) is 18.2 Å². The summed E-state index contributed by atoms with van der Waals surface area (Å²) in [5.41, 5.74) is -1.20. The molecule has 6 heteroatoms. The van der Waals surface area contributed by atoms with Gasteiger partial charge in [0.05, 0.1) is 6.54 Å². The second-order valence-corrected chi connectivity index (χ2v) is 3.96. The van der Waals surface area contributed by atoms with Crippen molar-refractivity contribution < 1.29 is 14.7 Å². The third-order valence-electron chi connectivity index (χ3n) is 3.02. The number of hydrogen-bond acceptors (Lipinski definition) is 3. The van der Waals surface area contributed by atoms with E-state index in [-0.39, 0.29) is 6.54 Å². The topological polar surface area (TPSA) is 95.1 Å². The van der Waals surface area contributed by atoms with E-state index < -0.39 is 17.3 Å². The van der Waals surface area contributed by atoms with Crippen LogP contribution in [0.25, 0.3) is 0 Å². The van der Waals surface area contributed by atoms with E-state index in [4.69, 9.17) is 5.11 Å². The molecule has 1 amide bonds. The Balaban J connectivity index is 1.95. The van der Waals surface area contributed by atoms with Crippen molar-refractivity contribution in [3.63, 3.8) is 0 Å². The molecule has 1 aliphatic carbocycles. The van der Waals surface area contributed by atoms with Gasteiger partial charge in [0.2, 0.25) is 5.91 Å². The zero-order valence-electron chi connectivity index (χ0n) is 8.69. The molecular formula is C10H13N3O3.